The number of likely N-dealkylation sites (tertiary alicyclic amines) is 1. The summed E-state index contributed by atoms with van der Waals surface area (Å²) in [6.45, 7) is 7.89. The largest absolute Gasteiger partial charge is 0.371 e. The van der Waals surface area contributed by atoms with E-state index >= 15 is 0 Å². The number of piperidine rings is 4. The molecule has 17 heteroatoms. The van der Waals surface area contributed by atoms with Crippen molar-refractivity contribution in [3.8, 4) is 0 Å². The van der Waals surface area contributed by atoms with Gasteiger partial charge < -0.3 is 35.6 Å². The first kappa shape index (κ1) is 39.1. The number of fused-ring (bicyclic) bond motifs is 2. The number of rotatable bonds is 10. The van der Waals surface area contributed by atoms with Crippen LogP contribution >= 0.6 is 0 Å². The molecule has 6 fully saturated rings. The van der Waals surface area contributed by atoms with Crippen LogP contribution in [0.2, 0.25) is 0 Å². The lowest BCUT2D eigenvalue weighted by Crippen LogP contribution is -2.54. The second-order valence-corrected chi connectivity index (χ2v) is 17.8. The summed E-state index contributed by atoms with van der Waals surface area (Å²) in [6, 6.07) is 12.9. The maximum absolute atomic E-state index is 13.4. The Balaban J connectivity index is 0.707. The quantitative estimate of drug-likeness (QED) is 0.253. The minimum Gasteiger partial charge on any atom is -0.371 e. The lowest BCUT2D eigenvalue weighted by Gasteiger charge is -2.37. The van der Waals surface area contributed by atoms with E-state index in [1.807, 2.05) is 30.1 Å². The third kappa shape index (κ3) is 7.21. The molecule has 318 valence electrons. The summed E-state index contributed by atoms with van der Waals surface area (Å²) in [4.78, 5) is 96.7. The molecule has 17 nitrogen and oxygen atoms in total. The molecule has 0 bridgehead atoms. The highest BCUT2D eigenvalue weighted by Crippen LogP contribution is 2.53. The molecule has 3 unspecified atom stereocenters. The predicted molar refractivity (Wildman–Crippen MR) is 224 cm³/mol. The number of aromatic nitrogens is 2. The number of primary amides is 1. The molecular weight excluding hydrogens is 779 g/mol. The van der Waals surface area contributed by atoms with Gasteiger partial charge in [0.05, 0.1) is 23.4 Å². The zero-order valence-electron chi connectivity index (χ0n) is 34.3. The molecule has 7 heterocycles. The molecule has 7 amide bonds. The van der Waals surface area contributed by atoms with E-state index in [1.54, 1.807) is 23.2 Å². The number of hydrogen-bond acceptors (Lipinski definition) is 12. The normalized spacial score (nSPS) is 26.9. The highest BCUT2D eigenvalue weighted by atomic mass is 16.2. The van der Waals surface area contributed by atoms with Crippen LogP contribution in [0.15, 0.2) is 48.7 Å². The number of urea groups is 1. The number of benzene rings is 2. The van der Waals surface area contributed by atoms with Crippen molar-refractivity contribution in [1.29, 1.82) is 0 Å². The smallest absolute Gasteiger partial charge is 0.320 e. The van der Waals surface area contributed by atoms with Crippen molar-refractivity contribution >= 4 is 58.6 Å². The second kappa shape index (κ2) is 15.4. The molecule has 6 aliphatic heterocycles. The SMILES string of the molecule is CN1CCN(C2CCCN(c3cnc(C(N)=O)c(Nc4ccc(C5CCN(CC6[C@H]7CN(c8ccc9c(c8)C(=O)N(C8CCC(=O)NC8=O)C9=O)C[C@@H]67)CC5)cc4)n3)C2)C1=O. The van der Waals surface area contributed by atoms with Crippen molar-refractivity contribution in [2.24, 2.45) is 23.5 Å². The maximum Gasteiger partial charge on any atom is 0.320 e. The monoisotopic (exact) mass is 829 g/mol. The standard InChI is InChI=1S/C44H51N11O6/c1-50-17-18-54(44(50)61)29-3-2-14-52(21-29)36-20-46-38(39(45)57)40(48-36)47-27-6-4-25(5-7-27)26-12-15-51(16-13-26)22-32-33-23-53(24-34(32)33)28-8-9-30-31(19-28)43(60)55(42(30)59)35-10-11-37(56)49-41(35)58/h4-9,19-20,26,29,32-35H,2-3,10-18,21-24H2,1H3,(H2,45,57)(H,47,48)(H,49,56,58)/t29?,32?,33-,34+,35?. The predicted octanol–water partition coefficient (Wildman–Crippen LogP) is 2.62. The topological polar surface area (TPSA) is 198 Å². The number of nitrogens with two attached hydrogens (primary N) is 1. The first-order chi connectivity index (χ1) is 29.5. The Kier molecular flexibility index (Phi) is 9.87. The zero-order valence-corrected chi connectivity index (χ0v) is 34.3. The molecule has 10 rings (SSSR count). The van der Waals surface area contributed by atoms with E-state index in [9.17, 15) is 28.8 Å². The van der Waals surface area contributed by atoms with Gasteiger partial charge in [-0.15, -0.1) is 0 Å². The summed E-state index contributed by atoms with van der Waals surface area (Å²) in [7, 11) is 1.83. The molecular formula is C44H51N11O6. The molecule has 2 aromatic carbocycles. The fourth-order valence-corrected chi connectivity index (χ4v) is 10.7. The third-order valence-corrected chi connectivity index (χ3v) is 14.3. The van der Waals surface area contributed by atoms with Crippen LogP contribution in [0.4, 0.5) is 27.8 Å². The van der Waals surface area contributed by atoms with Gasteiger partial charge in [-0.3, -0.25) is 34.2 Å². The number of nitrogens with one attached hydrogen (secondary N) is 2. The van der Waals surface area contributed by atoms with Gasteiger partial charge in [-0.1, -0.05) is 12.1 Å². The van der Waals surface area contributed by atoms with E-state index < -0.39 is 29.7 Å². The fourth-order valence-electron chi connectivity index (χ4n) is 10.7. The van der Waals surface area contributed by atoms with Gasteiger partial charge >= 0.3 is 6.03 Å². The first-order valence-electron chi connectivity index (χ1n) is 21.6. The number of hydrogen-bond donors (Lipinski definition) is 3. The Morgan fingerprint density at radius 2 is 1.61 bits per heavy atom. The summed E-state index contributed by atoms with van der Waals surface area (Å²) >= 11 is 0. The molecule has 3 aromatic rings. The highest BCUT2D eigenvalue weighted by Gasteiger charge is 2.56. The third-order valence-electron chi connectivity index (χ3n) is 14.3. The van der Waals surface area contributed by atoms with E-state index in [1.165, 1.54) is 5.56 Å². The molecule has 1 aromatic heterocycles. The molecule has 0 radical (unpaired) electrons. The van der Waals surface area contributed by atoms with Crippen molar-refractivity contribution < 1.29 is 28.8 Å². The summed E-state index contributed by atoms with van der Waals surface area (Å²) in [5.74, 6) is 0.665. The number of nitrogens with zero attached hydrogens (tertiary/aromatic N) is 8. The lowest BCUT2D eigenvalue weighted by atomic mass is 9.89. The zero-order chi connectivity index (χ0) is 42.1. The minimum absolute atomic E-state index is 0.0628. The van der Waals surface area contributed by atoms with Gasteiger partial charge in [0.25, 0.3) is 17.7 Å². The van der Waals surface area contributed by atoms with Crippen LogP contribution in [0, 0.1) is 17.8 Å². The number of anilines is 4. The molecule has 1 saturated carbocycles. The van der Waals surface area contributed by atoms with Gasteiger partial charge in [-0.25, -0.2) is 14.8 Å². The Bertz CT molecular complexity index is 2300. The van der Waals surface area contributed by atoms with Gasteiger partial charge in [0.15, 0.2) is 11.5 Å². The number of likely N-dealkylation sites (N-methyl/N-ethyl adjacent to an activating group) is 1. The number of amides is 7. The minimum atomic E-state index is -0.968. The summed E-state index contributed by atoms with van der Waals surface area (Å²) in [5, 5.41) is 5.56. The molecule has 61 heavy (non-hydrogen) atoms. The summed E-state index contributed by atoms with van der Waals surface area (Å²) < 4.78 is 0. The molecule has 7 aliphatic rings. The summed E-state index contributed by atoms with van der Waals surface area (Å²) in [5.41, 5.74) is 9.43. The van der Waals surface area contributed by atoms with E-state index in [0.717, 1.165) is 94.3 Å². The van der Waals surface area contributed by atoms with Crippen LogP contribution in [0.1, 0.15) is 81.2 Å². The van der Waals surface area contributed by atoms with E-state index in [0.29, 0.717) is 53.0 Å². The van der Waals surface area contributed by atoms with Crippen LogP contribution < -0.4 is 26.2 Å². The average molecular weight is 830 g/mol. The van der Waals surface area contributed by atoms with Crippen molar-refractivity contribution in [2.45, 2.75) is 56.5 Å². The van der Waals surface area contributed by atoms with Crippen LogP contribution in [0.3, 0.4) is 0 Å². The van der Waals surface area contributed by atoms with Crippen LogP contribution in [-0.2, 0) is 9.59 Å². The van der Waals surface area contributed by atoms with Crippen molar-refractivity contribution in [3.05, 3.63) is 71.0 Å². The number of carbonyl (C=O) groups excluding carboxylic acids is 6. The molecule has 5 saturated heterocycles. The van der Waals surface area contributed by atoms with Gasteiger partial charge in [-0.2, -0.15) is 0 Å². The Labute approximate surface area is 353 Å². The van der Waals surface area contributed by atoms with Gasteiger partial charge in [0.1, 0.15) is 11.9 Å². The van der Waals surface area contributed by atoms with Crippen LogP contribution in [-0.4, -0.2) is 143 Å². The maximum atomic E-state index is 13.4. The molecule has 1 aliphatic carbocycles. The van der Waals surface area contributed by atoms with E-state index in [2.05, 4.69) is 42.5 Å². The average Bonchev–Trinajstić information content (AvgIpc) is 3.50. The Hall–Kier alpha value is -6.10. The van der Waals surface area contributed by atoms with E-state index in [-0.39, 0.29) is 36.5 Å². The van der Waals surface area contributed by atoms with Gasteiger partial charge in [0, 0.05) is 70.7 Å². The second-order valence-electron chi connectivity index (χ2n) is 17.8. The molecule has 5 atom stereocenters. The molecule has 4 N–H and O–H groups in total. The number of carbonyl (C=O) groups is 6. The number of imide groups is 2. The van der Waals surface area contributed by atoms with Crippen molar-refractivity contribution in [1.82, 2.24) is 34.9 Å². The fraction of sp³-hybridized carbons (Fsp3) is 0.500. The van der Waals surface area contributed by atoms with Crippen LogP contribution in [0.5, 0.6) is 0 Å². The summed E-state index contributed by atoms with van der Waals surface area (Å²) in [6.07, 6.45) is 5.84. The Morgan fingerprint density at radius 3 is 2.31 bits per heavy atom. The van der Waals surface area contributed by atoms with Crippen LogP contribution in [0.25, 0.3) is 0 Å². The Morgan fingerprint density at radius 1 is 0.852 bits per heavy atom. The van der Waals surface area contributed by atoms with Crippen molar-refractivity contribution in [3.63, 3.8) is 0 Å². The highest BCUT2D eigenvalue weighted by molar-refractivity contribution is 6.23. The van der Waals surface area contributed by atoms with Gasteiger partial charge in [-0.05, 0) is 105 Å². The van der Waals surface area contributed by atoms with Gasteiger partial charge in [0.2, 0.25) is 11.8 Å². The first-order valence-corrected chi connectivity index (χ1v) is 21.6. The lowest BCUT2D eigenvalue weighted by molar-refractivity contribution is -0.136. The van der Waals surface area contributed by atoms with Crippen molar-refractivity contribution in [2.75, 3.05) is 81.1 Å². The van der Waals surface area contributed by atoms with E-state index in [4.69, 9.17) is 10.7 Å². The molecule has 0 spiro atoms.